The number of furan rings is 2. The molecule has 6 aromatic heterocycles. The fourth-order valence-corrected chi connectivity index (χ4v) is 15.4. The van der Waals surface area contributed by atoms with Crippen molar-refractivity contribution in [3.63, 3.8) is 0 Å². The molecule has 0 radical (unpaired) electrons. The van der Waals surface area contributed by atoms with Crippen molar-refractivity contribution in [2.75, 3.05) is 0 Å². The smallest absolute Gasteiger partial charge is 0.167 e. The van der Waals surface area contributed by atoms with Gasteiger partial charge in [-0.05, 0) is 151 Å². The van der Waals surface area contributed by atoms with E-state index in [1.165, 1.54) is 29.9 Å². The van der Waals surface area contributed by atoms with Crippen LogP contribution >= 0.6 is 22.7 Å². The lowest BCUT2D eigenvalue weighted by molar-refractivity contribution is 0.669. The Balaban J connectivity index is 0.632. The standard InChI is InChI=1S/C86H50N6O2S2/c1-2-13-51(14-3-1)58-17-10-19-64(43-58)83-87-81(56-35-31-54(32-36-56)78-49-62-15-4-8-25-76(62)95-78)88-85(90-83)66-41-42-74-71(47-66)72-46-61-40-39-60(45-67(61)48-75(72)93-74)53-29-27-52(28-30-53)59-18-11-20-65(44-59)84-89-82(57-37-33-55(34-38-57)79-50-63-16-5-9-26-77(63)96-79)91-86(92-84)70-23-12-22-69-68-21-6-7-24-73(68)94-80(69)70/h1-50H. The highest BCUT2D eigenvalue weighted by atomic mass is 32.1. The Bertz CT molecular complexity index is 6200. The summed E-state index contributed by atoms with van der Waals surface area (Å²) in [5.41, 5.74) is 17.2. The monoisotopic (exact) mass is 1260 g/mol. The van der Waals surface area contributed by atoms with Gasteiger partial charge in [-0.25, -0.2) is 29.9 Å². The lowest BCUT2D eigenvalue weighted by Crippen LogP contribution is -2.00. The minimum atomic E-state index is 0.539. The van der Waals surface area contributed by atoms with Crippen molar-refractivity contribution >= 4 is 97.5 Å². The van der Waals surface area contributed by atoms with Crippen molar-refractivity contribution in [3.8, 4) is 123 Å². The third-order valence-corrected chi connectivity index (χ3v) is 20.5. The Morgan fingerprint density at radius 1 is 0.208 bits per heavy atom. The van der Waals surface area contributed by atoms with Crippen LogP contribution in [-0.4, -0.2) is 29.9 Å². The van der Waals surface area contributed by atoms with E-state index in [4.69, 9.17) is 38.7 Å². The Labute approximate surface area is 558 Å². The molecule has 0 aliphatic rings. The van der Waals surface area contributed by atoms with E-state index in [0.29, 0.717) is 34.9 Å². The number of hydrogen-bond acceptors (Lipinski definition) is 10. The second kappa shape index (κ2) is 22.7. The summed E-state index contributed by atoms with van der Waals surface area (Å²) in [5, 5.41) is 8.74. The van der Waals surface area contributed by atoms with E-state index in [0.717, 1.165) is 133 Å². The molecule has 0 fully saturated rings. The average molecular weight is 1260 g/mol. The van der Waals surface area contributed by atoms with E-state index in [9.17, 15) is 0 Å². The number of fused-ring (bicyclic) bond motifs is 9. The molecule has 19 aromatic rings. The summed E-state index contributed by atoms with van der Waals surface area (Å²) < 4.78 is 15.7. The summed E-state index contributed by atoms with van der Waals surface area (Å²) >= 11 is 3.59. The molecule has 0 unspecified atom stereocenters. The van der Waals surface area contributed by atoms with E-state index in [2.05, 4.69) is 261 Å². The quantitative estimate of drug-likeness (QED) is 0.126. The van der Waals surface area contributed by atoms with Gasteiger partial charge in [-0.1, -0.05) is 218 Å². The Morgan fingerprint density at radius 3 is 1.25 bits per heavy atom. The lowest BCUT2D eigenvalue weighted by Gasteiger charge is -2.11. The molecular formula is C86H50N6O2S2. The van der Waals surface area contributed by atoms with E-state index < -0.39 is 0 Å². The highest BCUT2D eigenvalue weighted by Crippen LogP contribution is 2.42. The maximum absolute atomic E-state index is 6.66. The Kier molecular flexibility index (Phi) is 13.1. The summed E-state index contributed by atoms with van der Waals surface area (Å²) in [6.07, 6.45) is 0. The minimum absolute atomic E-state index is 0.539. The van der Waals surface area contributed by atoms with Gasteiger partial charge < -0.3 is 8.83 Å². The predicted octanol–water partition coefficient (Wildman–Crippen LogP) is 23.8. The van der Waals surface area contributed by atoms with Crippen molar-refractivity contribution in [2.45, 2.75) is 0 Å². The normalized spacial score (nSPS) is 11.8. The van der Waals surface area contributed by atoms with Crippen LogP contribution in [0.2, 0.25) is 0 Å². The molecule has 6 heterocycles. The first-order valence-electron chi connectivity index (χ1n) is 31.8. The molecule has 0 bridgehead atoms. The van der Waals surface area contributed by atoms with Gasteiger partial charge in [0.2, 0.25) is 0 Å². The van der Waals surface area contributed by atoms with Gasteiger partial charge in [-0.2, -0.15) is 0 Å². The third kappa shape index (κ3) is 9.99. The fourth-order valence-electron chi connectivity index (χ4n) is 13.3. The summed E-state index contributed by atoms with van der Waals surface area (Å²) in [7, 11) is 0. The summed E-state index contributed by atoms with van der Waals surface area (Å²) in [4.78, 5) is 33.6. The number of thiophene rings is 2. The zero-order valence-electron chi connectivity index (χ0n) is 51.2. The largest absolute Gasteiger partial charge is 0.456 e. The summed E-state index contributed by atoms with van der Waals surface area (Å²) in [6, 6.07) is 106. The maximum atomic E-state index is 6.66. The third-order valence-electron chi connectivity index (χ3n) is 18.2. The zero-order valence-corrected chi connectivity index (χ0v) is 52.8. The van der Waals surface area contributed by atoms with Crippen LogP contribution in [0.4, 0.5) is 0 Å². The SMILES string of the molecule is c1ccc(-c2cccc(-c3nc(-c4ccc(-c5cc6ccccc6s5)cc4)nc(-c4ccc5oc6cc7cc(-c8ccc(-c9cccc(-c%10nc(-c%11ccc(-c%12cc%13ccccc%13s%12)cc%11)nc(-c%11cccc%12c%11oc%11ccccc%11%12)n%10)c9)cc8)ccc7cc6c5c4)n3)c2)cc1. The molecule has 0 amide bonds. The second-order valence-electron chi connectivity index (χ2n) is 24.2. The van der Waals surface area contributed by atoms with Gasteiger partial charge in [0, 0.05) is 68.5 Å². The number of hydrogen-bond donors (Lipinski definition) is 0. The van der Waals surface area contributed by atoms with Crippen LogP contribution < -0.4 is 0 Å². The molecule has 0 aliphatic heterocycles. The molecule has 0 aliphatic carbocycles. The number of benzene rings is 13. The molecule has 96 heavy (non-hydrogen) atoms. The van der Waals surface area contributed by atoms with E-state index in [1.54, 1.807) is 22.7 Å². The first kappa shape index (κ1) is 55.3. The molecule has 8 nitrogen and oxygen atoms in total. The highest BCUT2D eigenvalue weighted by molar-refractivity contribution is 7.22. The zero-order chi connectivity index (χ0) is 63.2. The molecule has 0 spiro atoms. The Hall–Kier alpha value is -12.3. The molecule has 13 aromatic carbocycles. The molecule has 10 heteroatoms. The first-order valence-corrected chi connectivity index (χ1v) is 33.5. The molecule has 448 valence electrons. The number of para-hydroxylation sites is 2. The van der Waals surface area contributed by atoms with Gasteiger partial charge in [0.1, 0.15) is 22.3 Å². The van der Waals surface area contributed by atoms with Crippen molar-refractivity contribution in [3.05, 3.63) is 303 Å². The van der Waals surface area contributed by atoms with Gasteiger partial charge in [0.05, 0.1) is 5.56 Å². The van der Waals surface area contributed by atoms with Crippen LogP contribution in [0, 0.1) is 0 Å². The average Bonchev–Trinajstić information content (AvgIpc) is 1.54. The van der Waals surface area contributed by atoms with Gasteiger partial charge in [-0.3, -0.25) is 0 Å². The topological polar surface area (TPSA) is 104 Å². The van der Waals surface area contributed by atoms with Gasteiger partial charge in [0.25, 0.3) is 0 Å². The highest BCUT2D eigenvalue weighted by Gasteiger charge is 2.21. The number of aromatic nitrogens is 6. The molecule has 0 saturated heterocycles. The van der Waals surface area contributed by atoms with Crippen molar-refractivity contribution in [1.29, 1.82) is 0 Å². The minimum Gasteiger partial charge on any atom is -0.456 e. The molecule has 19 rings (SSSR count). The molecular weight excluding hydrogens is 1210 g/mol. The van der Waals surface area contributed by atoms with Crippen molar-refractivity contribution < 1.29 is 8.83 Å². The van der Waals surface area contributed by atoms with Crippen molar-refractivity contribution in [1.82, 2.24) is 29.9 Å². The molecule has 0 N–H and O–H groups in total. The Morgan fingerprint density at radius 2 is 0.635 bits per heavy atom. The van der Waals surface area contributed by atoms with Crippen LogP contribution in [0.15, 0.2) is 312 Å². The van der Waals surface area contributed by atoms with E-state index in [1.807, 2.05) is 42.5 Å². The predicted molar refractivity (Wildman–Crippen MR) is 396 cm³/mol. The van der Waals surface area contributed by atoms with Gasteiger partial charge >= 0.3 is 0 Å². The second-order valence-corrected chi connectivity index (χ2v) is 26.3. The van der Waals surface area contributed by atoms with E-state index >= 15 is 0 Å². The van der Waals surface area contributed by atoms with Crippen LogP contribution in [0.25, 0.3) is 197 Å². The van der Waals surface area contributed by atoms with Crippen LogP contribution in [-0.2, 0) is 0 Å². The van der Waals surface area contributed by atoms with Gasteiger partial charge in [-0.15, -0.1) is 22.7 Å². The van der Waals surface area contributed by atoms with Crippen LogP contribution in [0.5, 0.6) is 0 Å². The maximum Gasteiger partial charge on any atom is 0.167 e. The fraction of sp³-hybridized carbons (Fsp3) is 0. The van der Waals surface area contributed by atoms with Gasteiger partial charge in [0.15, 0.2) is 34.9 Å². The number of nitrogens with zero attached hydrogens (tertiary/aromatic N) is 6. The summed E-state index contributed by atoms with van der Waals surface area (Å²) in [5.74, 6) is 3.46. The van der Waals surface area contributed by atoms with E-state index in [-0.39, 0.29) is 0 Å². The van der Waals surface area contributed by atoms with Crippen LogP contribution in [0.1, 0.15) is 0 Å². The summed E-state index contributed by atoms with van der Waals surface area (Å²) in [6.45, 7) is 0. The first-order chi connectivity index (χ1) is 47.4. The molecule has 0 saturated carbocycles. The van der Waals surface area contributed by atoms with Crippen LogP contribution in [0.3, 0.4) is 0 Å². The number of rotatable bonds is 11. The lowest BCUT2D eigenvalue weighted by atomic mass is 9.97. The van der Waals surface area contributed by atoms with Crippen molar-refractivity contribution in [2.24, 2.45) is 0 Å². The molecule has 0 atom stereocenters.